The lowest BCUT2D eigenvalue weighted by Crippen LogP contribution is -2.32. The Bertz CT molecular complexity index is 755. The Hall–Kier alpha value is -2.12. The van der Waals surface area contributed by atoms with Gasteiger partial charge in [-0.25, -0.2) is 0 Å². The van der Waals surface area contributed by atoms with Crippen molar-refractivity contribution >= 4 is 0 Å². The van der Waals surface area contributed by atoms with E-state index in [1.807, 2.05) is 37.4 Å². The van der Waals surface area contributed by atoms with Gasteiger partial charge in [0, 0.05) is 19.6 Å². The van der Waals surface area contributed by atoms with Crippen LogP contribution < -0.4 is 9.47 Å². The fraction of sp³-hybridized carbons (Fsp3) is 0.520. The molecule has 0 radical (unpaired) electrons. The molecule has 2 rings (SSSR count). The van der Waals surface area contributed by atoms with Crippen molar-refractivity contribution in [2.45, 2.75) is 25.6 Å². The molecule has 1 atom stereocenters. The molecule has 0 aromatic heterocycles. The summed E-state index contributed by atoms with van der Waals surface area (Å²) < 4.78 is 11.4. The quantitative estimate of drug-likeness (QED) is 0.498. The Morgan fingerprint density at radius 2 is 1.55 bits per heavy atom. The van der Waals surface area contributed by atoms with E-state index in [-0.39, 0.29) is 6.61 Å². The number of rotatable bonds is 14. The maximum absolute atomic E-state index is 10.5. The van der Waals surface area contributed by atoms with Crippen molar-refractivity contribution in [3.63, 3.8) is 0 Å². The van der Waals surface area contributed by atoms with Gasteiger partial charge in [0.15, 0.2) is 11.5 Å². The van der Waals surface area contributed by atoms with Crippen molar-refractivity contribution in [3.05, 3.63) is 59.7 Å². The first kappa shape index (κ1) is 25.1. The Labute approximate surface area is 188 Å². The molecule has 1 N–H and O–H groups in total. The highest BCUT2D eigenvalue weighted by atomic mass is 16.5. The van der Waals surface area contributed by atoms with Gasteiger partial charge in [-0.2, -0.15) is 0 Å². The van der Waals surface area contributed by atoms with Crippen molar-refractivity contribution in [2.24, 2.45) is 0 Å². The summed E-state index contributed by atoms with van der Waals surface area (Å²) in [7, 11) is 9.97. The Morgan fingerprint density at radius 1 is 0.839 bits per heavy atom. The summed E-state index contributed by atoms with van der Waals surface area (Å²) in [6, 6.07) is 16.3. The molecule has 2 aromatic carbocycles. The van der Waals surface area contributed by atoms with Crippen LogP contribution >= 0.6 is 0 Å². The number of likely N-dealkylation sites (N-methyl/N-ethyl adjacent to an activating group) is 1. The van der Waals surface area contributed by atoms with Crippen LogP contribution in [0.15, 0.2) is 48.5 Å². The maximum Gasteiger partial charge on any atom is 0.161 e. The molecule has 1 unspecified atom stereocenters. The topological polar surface area (TPSA) is 48.4 Å². The summed E-state index contributed by atoms with van der Waals surface area (Å²) >= 11 is 0. The summed E-state index contributed by atoms with van der Waals surface area (Å²) in [6.07, 6.45) is 0.543. The van der Waals surface area contributed by atoms with Crippen LogP contribution in [0.5, 0.6) is 11.5 Å². The molecule has 0 saturated heterocycles. The van der Waals surface area contributed by atoms with E-state index >= 15 is 0 Å². The van der Waals surface area contributed by atoms with Gasteiger partial charge in [-0.15, -0.1) is 0 Å². The van der Waals surface area contributed by atoms with Gasteiger partial charge in [0.1, 0.15) is 12.7 Å². The minimum absolute atomic E-state index is 0.220. The first-order valence-electron chi connectivity index (χ1n) is 10.9. The molecule has 0 heterocycles. The minimum atomic E-state index is -0.587. The number of aliphatic hydroxyl groups excluding tert-OH is 1. The van der Waals surface area contributed by atoms with Crippen molar-refractivity contribution < 1.29 is 14.6 Å². The number of aliphatic hydroxyl groups is 1. The molecule has 0 aliphatic rings. The number of nitrogens with zero attached hydrogens (tertiary/aromatic N) is 3. The first-order chi connectivity index (χ1) is 14.9. The molecule has 31 heavy (non-hydrogen) atoms. The van der Waals surface area contributed by atoms with Crippen LogP contribution in [0.4, 0.5) is 0 Å². The van der Waals surface area contributed by atoms with E-state index in [1.165, 1.54) is 11.1 Å². The molecular formula is C25H39N3O3. The van der Waals surface area contributed by atoms with Gasteiger partial charge in [-0.05, 0) is 71.0 Å². The number of benzene rings is 2. The predicted molar refractivity (Wildman–Crippen MR) is 127 cm³/mol. The van der Waals surface area contributed by atoms with Crippen molar-refractivity contribution in [2.75, 3.05) is 61.5 Å². The van der Waals surface area contributed by atoms with Gasteiger partial charge in [0.25, 0.3) is 0 Å². The molecule has 2 aromatic rings. The number of ether oxygens (including phenoxy) is 2. The van der Waals surface area contributed by atoms with Crippen LogP contribution in [-0.2, 0) is 13.1 Å². The summed E-state index contributed by atoms with van der Waals surface area (Å²) in [5.41, 5.74) is 2.39. The second-order valence-electron chi connectivity index (χ2n) is 8.53. The summed E-state index contributed by atoms with van der Waals surface area (Å²) in [5, 5.41) is 10.5. The van der Waals surface area contributed by atoms with E-state index in [4.69, 9.17) is 9.47 Å². The molecule has 0 fully saturated rings. The van der Waals surface area contributed by atoms with E-state index in [9.17, 15) is 5.11 Å². The summed E-state index contributed by atoms with van der Waals surface area (Å²) in [5.74, 6) is 1.36. The van der Waals surface area contributed by atoms with Crippen LogP contribution in [0.2, 0.25) is 0 Å². The Kier molecular flexibility index (Phi) is 10.8. The van der Waals surface area contributed by atoms with E-state index in [0.717, 1.165) is 32.6 Å². The van der Waals surface area contributed by atoms with Crippen molar-refractivity contribution in [1.82, 2.24) is 14.7 Å². The predicted octanol–water partition coefficient (Wildman–Crippen LogP) is 2.95. The average molecular weight is 430 g/mol. The lowest BCUT2D eigenvalue weighted by atomic mass is 10.2. The van der Waals surface area contributed by atoms with E-state index in [0.29, 0.717) is 18.0 Å². The highest BCUT2D eigenvalue weighted by Crippen LogP contribution is 2.28. The molecule has 0 bridgehead atoms. The molecule has 172 valence electrons. The van der Waals surface area contributed by atoms with Gasteiger partial charge >= 0.3 is 0 Å². The average Bonchev–Trinajstić information content (AvgIpc) is 2.72. The fourth-order valence-electron chi connectivity index (χ4n) is 3.54. The maximum atomic E-state index is 10.5. The molecule has 6 nitrogen and oxygen atoms in total. The zero-order chi connectivity index (χ0) is 22.6. The summed E-state index contributed by atoms with van der Waals surface area (Å²) in [4.78, 5) is 6.61. The van der Waals surface area contributed by atoms with Gasteiger partial charge in [-0.3, -0.25) is 4.90 Å². The smallest absolute Gasteiger partial charge is 0.161 e. The van der Waals surface area contributed by atoms with Crippen LogP contribution in [0.3, 0.4) is 0 Å². The van der Waals surface area contributed by atoms with Crippen LogP contribution in [-0.4, -0.2) is 87.5 Å². The lowest BCUT2D eigenvalue weighted by molar-refractivity contribution is 0.0732. The molecule has 6 heteroatoms. The number of hydrogen-bond donors (Lipinski definition) is 1. The Morgan fingerprint density at radius 3 is 2.23 bits per heavy atom. The van der Waals surface area contributed by atoms with E-state index in [2.05, 4.69) is 54.0 Å². The molecule has 0 aliphatic heterocycles. The van der Waals surface area contributed by atoms with Gasteiger partial charge < -0.3 is 24.4 Å². The van der Waals surface area contributed by atoms with E-state index in [1.54, 1.807) is 7.11 Å². The zero-order valence-electron chi connectivity index (χ0n) is 19.8. The fourth-order valence-corrected chi connectivity index (χ4v) is 3.54. The molecule has 0 saturated carbocycles. The summed E-state index contributed by atoms with van der Waals surface area (Å²) in [6.45, 7) is 4.50. The van der Waals surface area contributed by atoms with Gasteiger partial charge in [0.05, 0.1) is 7.11 Å². The van der Waals surface area contributed by atoms with Crippen molar-refractivity contribution in [3.8, 4) is 11.5 Å². The normalized spacial score (nSPS) is 12.5. The lowest BCUT2D eigenvalue weighted by Gasteiger charge is -2.22. The third kappa shape index (κ3) is 9.70. The second-order valence-corrected chi connectivity index (χ2v) is 8.53. The third-order valence-corrected chi connectivity index (χ3v) is 5.07. The standard InChI is InChI=1S/C25H39N3O3/c1-26(2)14-9-15-27(3)18-22-12-13-24(30-5)25(16-22)31-20-23(29)19-28(4)17-21-10-7-6-8-11-21/h6-8,10-13,16,23,29H,9,14-15,17-20H2,1-5H3. The number of hydrogen-bond acceptors (Lipinski definition) is 6. The minimum Gasteiger partial charge on any atom is -0.493 e. The van der Waals surface area contributed by atoms with Crippen molar-refractivity contribution in [1.29, 1.82) is 0 Å². The Balaban J connectivity index is 1.85. The zero-order valence-corrected chi connectivity index (χ0v) is 19.8. The van der Waals surface area contributed by atoms with Crippen LogP contribution in [0, 0.1) is 0 Å². The van der Waals surface area contributed by atoms with E-state index < -0.39 is 6.10 Å². The third-order valence-electron chi connectivity index (χ3n) is 5.07. The molecular weight excluding hydrogens is 390 g/mol. The number of methoxy groups -OCH3 is 1. The van der Waals surface area contributed by atoms with Crippen LogP contribution in [0.1, 0.15) is 17.5 Å². The SMILES string of the molecule is COc1ccc(CN(C)CCCN(C)C)cc1OCC(O)CN(C)Cc1ccccc1. The monoisotopic (exact) mass is 429 g/mol. The highest BCUT2D eigenvalue weighted by Gasteiger charge is 2.13. The molecule has 0 aliphatic carbocycles. The largest absolute Gasteiger partial charge is 0.493 e. The van der Waals surface area contributed by atoms with Crippen LogP contribution in [0.25, 0.3) is 0 Å². The highest BCUT2D eigenvalue weighted by molar-refractivity contribution is 5.43. The first-order valence-corrected chi connectivity index (χ1v) is 10.9. The second kappa shape index (κ2) is 13.3. The van der Waals surface area contributed by atoms with Gasteiger partial charge in [0.2, 0.25) is 0 Å². The molecule has 0 spiro atoms. The van der Waals surface area contributed by atoms with Gasteiger partial charge in [-0.1, -0.05) is 36.4 Å². The molecule has 0 amide bonds.